The third-order valence-electron chi connectivity index (χ3n) is 4.49. The molecule has 5 heteroatoms. The van der Waals surface area contributed by atoms with Crippen molar-refractivity contribution in [3.8, 4) is 0 Å². The average Bonchev–Trinajstić information content (AvgIpc) is 2.94. The fourth-order valence-electron chi connectivity index (χ4n) is 3.24. The maximum absolute atomic E-state index is 12.2. The van der Waals surface area contributed by atoms with Crippen LogP contribution < -0.4 is 0 Å². The SMILES string of the molecule is O=C(OCc1ccccc1)N1C[C@H]2OCCC[C@@]2(CO)C1. The number of carbonyl (C=O) groups excluding carboxylic acids is 1. The Kier molecular flexibility index (Phi) is 4.12. The monoisotopic (exact) mass is 291 g/mol. The Morgan fingerprint density at radius 1 is 1.43 bits per heavy atom. The topological polar surface area (TPSA) is 59.0 Å². The van der Waals surface area contributed by atoms with Crippen LogP contribution in [0.1, 0.15) is 18.4 Å². The van der Waals surface area contributed by atoms with Crippen molar-refractivity contribution in [2.75, 3.05) is 26.3 Å². The molecule has 2 saturated heterocycles. The van der Waals surface area contributed by atoms with E-state index >= 15 is 0 Å². The number of rotatable bonds is 3. The highest BCUT2D eigenvalue weighted by molar-refractivity contribution is 5.68. The zero-order chi connectivity index (χ0) is 14.7. The Balaban J connectivity index is 1.59. The zero-order valence-corrected chi connectivity index (χ0v) is 12.0. The molecule has 0 bridgehead atoms. The number of hydrogen-bond donors (Lipinski definition) is 1. The summed E-state index contributed by atoms with van der Waals surface area (Å²) in [7, 11) is 0. The van der Waals surface area contributed by atoms with E-state index in [-0.39, 0.29) is 30.8 Å². The maximum Gasteiger partial charge on any atom is 0.410 e. The Morgan fingerprint density at radius 3 is 2.95 bits per heavy atom. The molecule has 3 rings (SSSR count). The van der Waals surface area contributed by atoms with Gasteiger partial charge in [-0.05, 0) is 18.4 Å². The van der Waals surface area contributed by atoms with Crippen LogP contribution in [0.4, 0.5) is 4.79 Å². The third kappa shape index (κ3) is 2.89. The normalized spacial score (nSPS) is 28.2. The fraction of sp³-hybridized carbons (Fsp3) is 0.562. The van der Waals surface area contributed by atoms with Crippen molar-refractivity contribution in [3.63, 3.8) is 0 Å². The lowest BCUT2D eigenvalue weighted by Gasteiger charge is -2.36. The van der Waals surface area contributed by atoms with E-state index in [1.807, 2.05) is 30.3 Å². The molecule has 2 aliphatic heterocycles. The molecule has 2 fully saturated rings. The van der Waals surface area contributed by atoms with E-state index in [1.165, 1.54) is 0 Å². The van der Waals surface area contributed by atoms with Crippen molar-refractivity contribution in [1.29, 1.82) is 0 Å². The van der Waals surface area contributed by atoms with Crippen molar-refractivity contribution < 1.29 is 19.4 Å². The molecule has 1 aromatic rings. The highest BCUT2D eigenvalue weighted by atomic mass is 16.6. The molecule has 1 N–H and O–H groups in total. The minimum Gasteiger partial charge on any atom is -0.445 e. The molecule has 0 spiro atoms. The van der Waals surface area contributed by atoms with E-state index in [2.05, 4.69) is 0 Å². The largest absolute Gasteiger partial charge is 0.445 e. The van der Waals surface area contributed by atoms with Crippen LogP contribution in [0.25, 0.3) is 0 Å². The summed E-state index contributed by atoms with van der Waals surface area (Å²) in [5.74, 6) is 0. The second-order valence-electron chi connectivity index (χ2n) is 5.90. The Labute approximate surface area is 124 Å². The van der Waals surface area contributed by atoms with Gasteiger partial charge in [0, 0.05) is 18.6 Å². The molecule has 21 heavy (non-hydrogen) atoms. The molecule has 1 aromatic carbocycles. The highest BCUT2D eigenvalue weighted by Gasteiger charge is 2.50. The van der Waals surface area contributed by atoms with Gasteiger partial charge in [-0.3, -0.25) is 0 Å². The minimum atomic E-state index is -0.329. The van der Waals surface area contributed by atoms with Crippen LogP contribution in [0.2, 0.25) is 0 Å². The first-order chi connectivity index (χ1) is 10.2. The first-order valence-corrected chi connectivity index (χ1v) is 7.42. The van der Waals surface area contributed by atoms with E-state index in [0.717, 1.165) is 18.4 Å². The Bertz CT molecular complexity index is 492. The molecule has 2 heterocycles. The molecule has 0 aromatic heterocycles. The number of benzene rings is 1. The summed E-state index contributed by atoms with van der Waals surface area (Å²) in [5.41, 5.74) is 0.667. The second-order valence-corrected chi connectivity index (χ2v) is 5.90. The van der Waals surface area contributed by atoms with E-state index in [1.54, 1.807) is 4.90 Å². The molecular formula is C16H21NO4. The Morgan fingerprint density at radius 2 is 2.24 bits per heavy atom. The van der Waals surface area contributed by atoms with Crippen LogP contribution in [0.5, 0.6) is 0 Å². The summed E-state index contributed by atoms with van der Waals surface area (Å²) in [6.07, 6.45) is 1.44. The van der Waals surface area contributed by atoms with E-state index in [4.69, 9.17) is 9.47 Å². The summed E-state index contributed by atoms with van der Waals surface area (Å²) in [6.45, 7) is 2.06. The maximum atomic E-state index is 12.2. The van der Waals surface area contributed by atoms with Crippen LogP contribution >= 0.6 is 0 Å². The second kappa shape index (κ2) is 6.03. The minimum absolute atomic E-state index is 0.0557. The number of aliphatic hydroxyl groups excluding tert-OH is 1. The van der Waals surface area contributed by atoms with Gasteiger partial charge in [0.1, 0.15) is 6.61 Å². The molecule has 5 nitrogen and oxygen atoms in total. The summed E-state index contributed by atoms with van der Waals surface area (Å²) < 4.78 is 11.1. The van der Waals surface area contributed by atoms with Crippen molar-refractivity contribution in [2.45, 2.75) is 25.6 Å². The van der Waals surface area contributed by atoms with Gasteiger partial charge in [0.25, 0.3) is 0 Å². The van der Waals surface area contributed by atoms with Gasteiger partial charge in [-0.15, -0.1) is 0 Å². The van der Waals surface area contributed by atoms with E-state index in [0.29, 0.717) is 19.7 Å². The fourth-order valence-corrected chi connectivity index (χ4v) is 3.24. The van der Waals surface area contributed by atoms with Gasteiger partial charge in [-0.25, -0.2) is 4.79 Å². The van der Waals surface area contributed by atoms with Gasteiger partial charge in [0.2, 0.25) is 0 Å². The summed E-state index contributed by atoms with van der Waals surface area (Å²) in [4.78, 5) is 13.8. The number of nitrogens with zero attached hydrogens (tertiary/aromatic N) is 1. The van der Waals surface area contributed by atoms with Crippen molar-refractivity contribution in [1.82, 2.24) is 4.90 Å². The molecule has 2 atom stereocenters. The van der Waals surface area contributed by atoms with Crippen molar-refractivity contribution in [3.05, 3.63) is 35.9 Å². The molecule has 114 valence electrons. The van der Waals surface area contributed by atoms with E-state index < -0.39 is 0 Å². The number of fused-ring (bicyclic) bond motifs is 1. The number of hydrogen-bond acceptors (Lipinski definition) is 4. The lowest BCUT2D eigenvalue weighted by atomic mass is 9.79. The molecule has 0 aliphatic carbocycles. The van der Waals surface area contributed by atoms with Crippen LogP contribution in [0, 0.1) is 5.41 Å². The number of likely N-dealkylation sites (tertiary alicyclic amines) is 1. The smallest absolute Gasteiger partial charge is 0.410 e. The first kappa shape index (κ1) is 14.4. The van der Waals surface area contributed by atoms with Gasteiger partial charge in [-0.1, -0.05) is 30.3 Å². The van der Waals surface area contributed by atoms with Crippen LogP contribution in [-0.4, -0.2) is 48.5 Å². The zero-order valence-electron chi connectivity index (χ0n) is 12.0. The molecule has 0 unspecified atom stereocenters. The van der Waals surface area contributed by atoms with Crippen molar-refractivity contribution in [2.24, 2.45) is 5.41 Å². The lowest BCUT2D eigenvalue weighted by Crippen LogP contribution is -2.43. The van der Waals surface area contributed by atoms with Gasteiger partial charge in [0.15, 0.2) is 0 Å². The first-order valence-electron chi connectivity index (χ1n) is 7.42. The van der Waals surface area contributed by atoms with Gasteiger partial charge < -0.3 is 19.5 Å². The van der Waals surface area contributed by atoms with E-state index in [9.17, 15) is 9.90 Å². The van der Waals surface area contributed by atoms with Gasteiger partial charge in [-0.2, -0.15) is 0 Å². The number of ether oxygens (including phenoxy) is 2. The summed E-state index contributed by atoms with van der Waals surface area (Å²) >= 11 is 0. The third-order valence-corrected chi connectivity index (χ3v) is 4.49. The van der Waals surface area contributed by atoms with Gasteiger partial charge in [0.05, 0.1) is 19.3 Å². The predicted molar refractivity (Wildman–Crippen MR) is 76.7 cm³/mol. The summed E-state index contributed by atoms with van der Waals surface area (Å²) in [6, 6.07) is 9.62. The van der Waals surface area contributed by atoms with Crippen LogP contribution in [0.15, 0.2) is 30.3 Å². The molecule has 0 radical (unpaired) electrons. The van der Waals surface area contributed by atoms with Crippen LogP contribution in [-0.2, 0) is 16.1 Å². The standard InChI is InChI=1S/C16H21NO4/c18-12-16-7-4-8-20-14(16)9-17(11-16)15(19)21-10-13-5-2-1-3-6-13/h1-3,5-6,14,18H,4,7-12H2/t14-,16+/m1/s1. The number of carbonyl (C=O) groups is 1. The van der Waals surface area contributed by atoms with Crippen LogP contribution in [0.3, 0.4) is 0 Å². The molecule has 2 aliphatic rings. The molecule has 0 saturated carbocycles. The molecular weight excluding hydrogens is 270 g/mol. The van der Waals surface area contributed by atoms with Crippen molar-refractivity contribution >= 4 is 6.09 Å². The highest BCUT2D eigenvalue weighted by Crippen LogP contribution is 2.40. The quantitative estimate of drug-likeness (QED) is 0.922. The number of amides is 1. The number of aliphatic hydroxyl groups is 1. The summed E-state index contributed by atoms with van der Waals surface area (Å²) in [5, 5.41) is 9.70. The Hall–Kier alpha value is -1.59. The average molecular weight is 291 g/mol. The lowest BCUT2D eigenvalue weighted by molar-refractivity contribution is -0.0755. The predicted octanol–water partition coefficient (Wildman–Crippen LogP) is 1.80. The van der Waals surface area contributed by atoms with Gasteiger partial charge >= 0.3 is 6.09 Å². The molecule has 1 amide bonds.